The summed E-state index contributed by atoms with van der Waals surface area (Å²) in [6, 6.07) is 31.4. The van der Waals surface area contributed by atoms with Crippen molar-refractivity contribution in [2.45, 2.75) is 19.6 Å². The summed E-state index contributed by atoms with van der Waals surface area (Å²) in [5.41, 5.74) is 3.68. The Labute approximate surface area is 270 Å². The molecule has 1 aliphatic rings. The molecule has 6 rings (SSSR count). The van der Waals surface area contributed by atoms with Gasteiger partial charge >= 0.3 is 5.97 Å². The Morgan fingerprint density at radius 3 is 2.37 bits per heavy atom. The van der Waals surface area contributed by atoms with E-state index in [-0.39, 0.29) is 17.7 Å². The summed E-state index contributed by atoms with van der Waals surface area (Å²) in [6.45, 7) is 2.32. The second kappa shape index (κ2) is 13.7. The highest BCUT2D eigenvalue weighted by atomic mass is 32.1. The molecule has 0 bridgehead atoms. The molecule has 1 aromatic heterocycles. The number of hydrogen-bond donors (Lipinski definition) is 0. The molecule has 0 saturated heterocycles. The number of aromatic nitrogens is 1. The minimum Gasteiger partial charge on any atom is -0.497 e. The molecular weight excluding hydrogens is 600 g/mol. The molecule has 0 spiro atoms. The summed E-state index contributed by atoms with van der Waals surface area (Å²) in [5, 5.41) is 0. The Morgan fingerprint density at radius 1 is 0.891 bits per heavy atom. The van der Waals surface area contributed by atoms with Gasteiger partial charge < -0.3 is 18.9 Å². The molecule has 0 unspecified atom stereocenters. The van der Waals surface area contributed by atoms with Gasteiger partial charge in [-0.05, 0) is 54.0 Å². The van der Waals surface area contributed by atoms with Crippen LogP contribution in [0.25, 0.3) is 11.8 Å². The van der Waals surface area contributed by atoms with Crippen LogP contribution in [0.15, 0.2) is 118 Å². The average molecular weight is 633 g/mol. The average Bonchev–Trinajstić information content (AvgIpc) is 3.41. The predicted octanol–water partition coefficient (Wildman–Crippen LogP) is 5.53. The smallest absolute Gasteiger partial charge is 0.338 e. The molecule has 232 valence electrons. The minimum absolute atomic E-state index is 0.173. The number of nitrogens with zero attached hydrogens (tertiary/aromatic N) is 2. The Balaban J connectivity index is 1.49. The Bertz CT molecular complexity index is 2080. The quantitative estimate of drug-likeness (QED) is 0.188. The van der Waals surface area contributed by atoms with E-state index in [4.69, 9.17) is 23.9 Å². The standard InChI is InChI=1S/C37H32N2O6S/c1-4-44-36(41)32-33(26-14-9-6-10-15-26)38-37-39(34(32)27-16-11-17-28(22-27)42-2)35(40)31(46-37)21-25-18-19-29(30(20-25)43-3)45-23-24-12-7-5-8-13-24/h5-22,34H,4,23H2,1-3H3/b31-21-/t34-/m1/s1. The van der Waals surface area contributed by atoms with Crippen LogP contribution >= 0.6 is 11.3 Å². The van der Waals surface area contributed by atoms with Gasteiger partial charge in [0.1, 0.15) is 12.4 Å². The van der Waals surface area contributed by atoms with E-state index >= 15 is 0 Å². The Morgan fingerprint density at radius 2 is 1.65 bits per heavy atom. The lowest BCUT2D eigenvalue weighted by atomic mass is 9.93. The fourth-order valence-electron chi connectivity index (χ4n) is 5.35. The van der Waals surface area contributed by atoms with Crippen LogP contribution < -0.4 is 29.1 Å². The lowest BCUT2D eigenvalue weighted by molar-refractivity contribution is -0.138. The number of ether oxygens (including phenoxy) is 4. The predicted molar refractivity (Wildman–Crippen MR) is 178 cm³/mol. The molecule has 46 heavy (non-hydrogen) atoms. The topological polar surface area (TPSA) is 88.4 Å². The number of carbonyl (C=O) groups excluding carboxylic acids is 1. The van der Waals surface area contributed by atoms with Crippen molar-refractivity contribution in [1.82, 2.24) is 4.57 Å². The number of benzene rings is 4. The second-order valence-electron chi connectivity index (χ2n) is 10.4. The fourth-order valence-corrected chi connectivity index (χ4v) is 6.35. The Hall–Kier alpha value is -5.41. The highest BCUT2D eigenvalue weighted by Gasteiger charge is 2.35. The van der Waals surface area contributed by atoms with Gasteiger partial charge in [0.2, 0.25) is 0 Å². The van der Waals surface area contributed by atoms with Crippen LogP contribution in [0, 0.1) is 0 Å². The maximum absolute atomic E-state index is 14.2. The second-order valence-corrected chi connectivity index (χ2v) is 11.4. The van der Waals surface area contributed by atoms with Crippen molar-refractivity contribution < 1.29 is 23.7 Å². The molecule has 4 aromatic carbocycles. The number of thiazole rings is 1. The number of carbonyl (C=O) groups is 1. The molecule has 0 amide bonds. The number of rotatable bonds is 10. The first kappa shape index (κ1) is 30.6. The van der Waals surface area contributed by atoms with Crippen LogP contribution in [0.5, 0.6) is 17.2 Å². The molecule has 0 radical (unpaired) electrons. The van der Waals surface area contributed by atoms with Crippen molar-refractivity contribution in [1.29, 1.82) is 0 Å². The third-order valence-electron chi connectivity index (χ3n) is 7.51. The highest BCUT2D eigenvalue weighted by molar-refractivity contribution is 7.07. The fraction of sp³-hybridized carbons (Fsp3) is 0.162. The van der Waals surface area contributed by atoms with Crippen LogP contribution in [0.2, 0.25) is 0 Å². The summed E-state index contributed by atoms with van der Waals surface area (Å²) in [7, 11) is 3.16. The van der Waals surface area contributed by atoms with Crippen LogP contribution in [-0.4, -0.2) is 31.4 Å². The molecule has 0 N–H and O–H groups in total. The van der Waals surface area contributed by atoms with Gasteiger partial charge in [-0.1, -0.05) is 90.2 Å². The van der Waals surface area contributed by atoms with Crippen LogP contribution in [0.1, 0.15) is 35.2 Å². The first-order chi connectivity index (χ1) is 22.5. The molecule has 0 fully saturated rings. The van der Waals surface area contributed by atoms with E-state index < -0.39 is 12.0 Å². The van der Waals surface area contributed by atoms with Crippen molar-refractivity contribution in [3.63, 3.8) is 0 Å². The third-order valence-corrected chi connectivity index (χ3v) is 8.49. The number of fused-ring (bicyclic) bond motifs is 1. The van der Waals surface area contributed by atoms with E-state index in [0.717, 1.165) is 16.7 Å². The van der Waals surface area contributed by atoms with Gasteiger partial charge in [0, 0.05) is 5.56 Å². The first-order valence-electron chi connectivity index (χ1n) is 14.8. The summed E-state index contributed by atoms with van der Waals surface area (Å²) < 4.78 is 24.7. The summed E-state index contributed by atoms with van der Waals surface area (Å²) >= 11 is 1.25. The zero-order valence-electron chi connectivity index (χ0n) is 25.6. The van der Waals surface area contributed by atoms with Gasteiger partial charge in [-0.15, -0.1) is 0 Å². The lowest BCUT2D eigenvalue weighted by Gasteiger charge is -2.26. The lowest BCUT2D eigenvalue weighted by Crippen LogP contribution is -2.40. The van der Waals surface area contributed by atoms with E-state index in [9.17, 15) is 9.59 Å². The zero-order chi connectivity index (χ0) is 32.0. The van der Waals surface area contributed by atoms with E-state index in [1.807, 2.05) is 103 Å². The SMILES string of the molecule is CCOC(=O)C1=C(c2ccccc2)N=c2s/c(=C\c3ccc(OCc4ccccc4)c(OC)c3)c(=O)n2[C@@H]1c1cccc(OC)c1. The summed E-state index contributed by atoms with van der Waals surface area (Å²) in [6.07, 6.45) is 1.80. The van der Waals surface area contributed by atoms with E-state index in [2.05, 4.69) is 0 Å². The number of esters is 1. The molecule has 5 aromatic rings. The molecule has 0 saturated carbocycles. The minimum atomic E-state index is -0.800. The van der Waals surface area contributed by atoms with Gasteiger partial charge in [-0.3, -0.25) is 9.36 Å². The van der Waals surface area contributed by atoms with Gasteiger partial charge in [0.15, 0.2) is 16.3 Å². The molecule has 1 atom stereocenters. The van der Waals surface area contributed by atoms with Crippen molar-refractivity contribution in [2.75, 3.05) is 20.8 Å². The molecule has 9 heteroatoms. The van der Waals surface area contributed by atoms with Crippen molar-refractivity contribution >= 4 is 29.1 Å². The normalized spacial score (nSPS) is 14.3. The largest absolute Gasteiger partial charge is 0.497 e. The highest BCUT2D eigenvalue weighted by Crippen LogP contribution is 2.36. The molecule has 8 nitrogen and oxygen atoms in total. The molecule has 0 aliphatic carbocycles. The molecule has 1 aliphatic heterocycles. The number of methoxy groups -OCH3 is 2. The van der Waals surface area contributed by atoms with Crippen LogP contribution in [-0.2, 0) is 16.1 Å². The maximum Gasteiger partial charge on any atom is 0.338 e. The maximum atomic E-state index is 14.2. The summed E-state index contributed by atoms with van der Waals surface area (Å²) in [4.78, 5) is 33.3. The van der Waals surface area contributed by atoms with E-state index in [1.54, 1.807) is 31.8 Å². The van der Waals surface area contributed by atoms with Gasteiger partial charge in [0.25, 0.3) is 5.56 Å². The van der Waals surface area contributed by atoms with Gasteiger partial charge in [0.05, 0.1) is 42.7 Å². The van der Waals surface area contributed by atoms with Crippen molar-refractivity contribution in [2.24, 2.45) is 4.99 Å². The first-order valence-corrected chi connectivity index (χ1v) is 15.6. The van der Waals surface area contributed by atoms with Crippen molar-refractivity contribution in [3.8, 4) is 17.2 Å². The summed E-state index contributed by atoms with van der Waals surface area (Å²) in [5.74, 6) is 1.20. The zero-order valence-corrected chi connectivity index (χ0v) is 26.5. The monoisotopic (exact) mass is 632 g/mol. The third kappa shape index (κ3) is 6.23. The van der Waals surface area contributed by atoms with Crippen molar-refractivity contribution in [3.05, 3.63) is 151 Å². The number of hydrogen-bond acceptors (Lipinski definition) is 8. The molecule has 2 heterocycles. The van der Waals surface area contributed by atoms with E-state index in [0.29, 0.717) is 44.4 Å². The Kier molecular flexibility index (Phi) is 9.12. The van der Waals surface area contributed by atoms with E-state index in [1.165, 1.54) is 11.3 Å². The van der Waals surface area contributed by atoms with Crippen LogP contribution in [0.4, 0.5) is 0 Å². The van der Waals surface area contributed by atoms with Crippen LogP contribution in [0.3, 0.4) is 0 Å². The van der Waals surface area contributed by atoms with Gasteiger partial charge in [-0.25, -0.2) is 9.79 Å². The molecular formula is C37H32N2O6S. The van der Waals surface area contributed by atoms with Gasteiger partial charge in [-0.2, -0.15) is 0 Å².